The van der Waals surface area contributed by atoms with E-state index in [9.17, 15) is 0 Å². The Morgan fingerprint density at radius 2 is 2.00 bits per heavy atom. The van der Waals surface area contributed by atoms with Gasteiger partial charge in [0.05, 0.1) is 20.1 Å². The summed E-state index contributed by atoms with van der Waals surface area (Å²) < 4.78 is 0.550. The summed E-state index contributed by atoms with van der Waals surface area (Å²) in [6.07, 6.45) is 0. The van der Waals surface area contributed by atoms with E-state index < -0.39 is 0 Å². The Morgan fingerprint density at radius 1 is 1.36 bits per heavy atom. The first-order chi connectivity index (χ1) is 5.16. The van der Waals surface area contributed by atoms with Crippen molar-refractivity contribution < 1.29 is 0 Å². The second-order valence-electron chi connectivity index (χ2n) is 1.83. The fourth-order valence-electron chi connectivity index (χ4n) is 0.612. The van der Waals surface area contributed by atoms with Crippen LogP contribution in [0, 0.1) is 11.3 Å². The van der Waals surface area contributed by atoms with E-state index in [1.54, 1.807) is 12.1 Å². The number of benzene rings is 1. The fraction of sp³-hybridized carbons (Fsp3) is 0. The molecule has 56 valence electrons. The van der Waals surface area contributed by atoms with Crippen LogP contribution >= 0.6 is 39.1 Å². The van der Waals surface area contributed by atoms with E-state index in [0.29, 0.717) is 20.1 Å². The van der Waals surface area contributed by atoms with E-state index in [-0.39, 0.29) is 0 Å². The van der Waals surface area contributed by atoms with Crippen LogP contribution in [0.5, 0.6) is 0 Å². The molecule has 0 aromatic heterocycles. The molecule has 1 aromatic rings. The fourth-order valence-corrected chi connectivity index (χ4v) is 1.48. The van der Waals surface area contributed by atoms with Crippen molar-refractivity contribution in [3.8, 4) is 6.07 Å². The Kier molecular flexibility index (Phi) is 2.78. The van der Waals surface area contributed by atoms with E-state index in [0.717, 1.165) is 0 Å². The van der Waals surface area contributed by atoms with Gasteiger partial charge in [-0.05, 0) is 28.1 Å². The first kappa shape index (κ1) is 8.86. The van der Waals surface area contributed by atoms with Gasteiger partial charge < -0.3 is 0 Å². The van der Waals surface area contributed by atoms with E-state index in [4.69, 9.17) is 28.5 Å². The van der Waals surface area contributed by atoms with Crippen LogP contribution in [-0.2, 0) is 0 Å². The minimum Gasteiger partial charge on any atom is -0.192 e. The molecule has 0 amide bonds. The monoisotopic (exact) mass is 249 g/mol. The van der Waals surface area contributed by atoms with Crippen molar-refractivity contribution in [1.29, 1.82) is 5.26 Å². The topological polar surface area (TPSA) is 23.8 Å². The van der Waals surface area contributed by atoms with Crippen LogP contribution in [0.2, 0.25) is 10.0 Å². The maximum absolute atomic E-state index is 8.55. The van der Waals surface area contributed by atoms with Crippen LogP contribution < -0.4 is 0 Å². The molecule has 1 nitrogen and oxygen atoms in total. The molecule has 0 saturated carbocycles. The van der Waals surface area contributed by atoms with Gasteiger partial charge in [0.2, 0.25) is 0 Å². The zero-order valence-electron chi connectivity index (χ0n) is 5.24. The quantitative estimate of drug-likeness (QED) is 0.646. The summed E-state index contributed by atoms with van der Waals surface area (Å²) in [6, 6.07) is 5.17. The SMILES string of the molecule is N#Cc1ccc(Cl)c(Cl)c1Br. The Balaban J connectivity index is 3.40. The second kappa shape index (κ2) is 3.44. The smallest absolute Gasteiger partial charge is 0.100 e. The van der Waals surface area contributed by atoms with Crippen LogP contribution in [0.1, 0.15) is 5.56 Å². The Hall–Kier alpha value is -0.230. The number of rotatable bonds is 0. The molecule has 11 heavy (non-hydrogen) atoms. The zero-order valence-corrected chi connectivity index (χ0v) is 8.33. The van der Waals surface area contributed by atoms with E-state index in [1.165, 1.54) is 0 Å². The Labute approximate surface area is 82.7 Å². The van der Waals surface area contributed by atoms with Gasteiger partial charge in [-0.1, -0.05) is 23.2 Å². The normalized spacial score (nSPS) is 9.27. The number of nitriles is 1. The molecule has 0 aliphatic carbocycles. The lowest BCUT2D eigenvalue weighted by Gasteiger charge is -1.98. The summed E-state index contributed by atoms with van der Waals surface area (Å²) in [5.41, 5.74) is 0.486. The van der Waals surface area contributed by atoms with Crippen molar-refractivity contribution in [3.05, 3.63) is 32.2 Å². The highest BCUT2D eigenvalue weighted by Crippen LogP contribution is 2.32. The maximum Gasteiger partial charge on any atom is 0.100 e. The summed E-state index contributed by atoms with van der Waals surface area (Å²) in [5.74, 6) is 0. The highest BCUT2D eigenvalue weighted by atomic mass is 79.9. The van der Waals surface area contributed by atoms with Gasteiger partial charge >= 0.3 is 0 Å². The third-order valence-electron chi connectivity index (χ3n) is 1.16. The molecule has 0 saturated heterocycles. The summed E-state index contributed by atoms with van der Waals surface area (Å²) in [5, 5.41) is 9.37. The van der Waals surface area contributed by atoms with Gasteiger partial charge in [-0.3, -0.25) is 0 Å². The van der Waals surface area contributed by atoms with Gasteiger partial charge in [-0.25, -0.2) is 0 Å². The van der Waals surface area contributed by atoms with Crippen LogP contribution in [0.4, 0.5) is 0 Å². The Bertz CT molecular complexity index is 330. The molecular weight excluding hydrogens is 249 g/mol. The van der Waals surface area contributed by atoms with Gasteiger partial charge in [-0.2, -0.15) is 5.26 Å². The predicted octanol–water partition coefficient (Wildman–Crippen LogP) is 3.63. The predicted molar refractivity (Wildman–Crippen MR) is 48.9 cm³/mol. The minimum absolute atomic E-state index is 0.380. The molecule has 0 heterocycles. The van der Waals surface area contributed by atoms with Crippen LogP contribution in [0.15, 0.2) is 16.6 Å². The van der Waals surface area contributed by atoms with Crippen LogP contribution in [-0.4, -0.2) is 0 Å². The Morgan fingerprint density at radius 3 is 2.55 bits per heavy atom. The molecule has 1 aromatic carbocycles. The maximum atomic E-state index is 8.55. The summed E-state index contributed by atoms with van der Waals surface area (Å²) in [6.45, 7) is 0. The molecule has 1 rings (SSSR count). The zero-order chi connectivity index (χ0) is 8.43. The number of hydrogen-bond acceptors (Lipinski definition) is 1. The van der Waals surface area contributed by atoms with Gasteiger partial charge in [0.25, 0.3) is 0 Å². The van der Waals surface area contributed by atoms with Crippen molar-refractivity contribution in [3.63, 3.8) is 0 Å². The molecule has 0 bridgehead atoms. The largest absolute Gasteiger partial charge is 0.192 e. The van der Waals surface area contributed by atoms with Crippen LogP contribution in [0.25, 0.3) is 0 Å². The van der Waals surface area contributed by atoms with Gasteiger partial charge in [-0.15, -0.1) is 0 Å². The lowest BCUT2D eigenvalue weighted by atomic mass is 10.2. The lowest BCUT2D eigenvalue weighted by Crippen LogP contribution is -1.78. The van der Waals surface area contributed by atoms with Gasteiger partial charge in [0, 0.05) is 0 Å². The first-order valence-corrected chi connectivity index (χ1v) is 4.25. The molecule has 0 fully saturated rings. The third kappa shape index (κ3) is 1.67. The van der Waals surface area contributed by atoms with E-state index >= 15 is 0 Å². The summed E-state index contributed by atoms with van der Waals surface area (Å²) in [4.78, 5) is 0. The van der Waals surface area contributed by atoms with E-state index in [1.807, 2.05) is 6.07 Å². The molecule has 0 spiro atoms. The molecule has 0 aliphatic heterocycles. The minimum atomic E-state index is 0.380. The highest BCUT2D eigenvalue weighted by Gasteiger charge is 2.06. The van der Waals surface area contributed by atoms with E-state index in [2.05, 4.69) is 15.9 Å². The van der Waals surface area contributed by atoms with Crippen molar-refractivity contribution in [1.82, 2.24) is 0 Å². The van der Waals surface area contributed by atoms with Crippen molar-refractivity contribution in [2.75, 3.05) is 0 Å². The number of hydrogen-bond donors (Lipinski definition) is 0. The molecule has 0 N–H and O–H groups in total. The average molecular weight is 251 g/mol. The molecule has 4 heteroatoms. The van der Waals surface area contributed by atoms with Gasteiger partial charge in [0.1, 0.15) is 6.07 Å². The lowest BCUT2D eigenvalue weighted by molar-refractivity contribution is 1.47. The molecule has 0 atom stereocenters. The summed E-state index contributed by atoms with van der Waals surface area (Å²) >= 11 is 14.6. The molecule has 0 radical (unpaired) electrons. The number of nitrogens with zero attached hydrogens (tertiary/aromatic N) is 1. The highest BCUT2D eigenvalue weighted by molar-refractivity contribution is 9.10. The second-order valence-corrected chi connectivity index (χ2v) is 3.41. The number of halogens is 3. The third-order valence-corrected chi connectivity index (χ3v) is 3.01. The van der Waals surface area contributed by atoms with Gasteiger partial charge in [0.15, 0.2) is 0 Å². The van der Waals surface area contributed by atoms with Crippen molar-refractivity contribution >= 4 is 39.1 Å². The molecular formula is C7H2BrCl2N. The first-order valence-electron chi connectivity index (χ1n) is 2.70. The average Bonchev–Trinajstić information content (AvgIpc) is 2.01. The summed E-state index contributed by atoms with van der Waals surface area (Å²) in [7, 11) is 0. The van der Waals surface area contributed by atoms with Crippen molar-refractivity contribution in [2.45, 2.75) is 0 Å². The van der Waals surface area contributed by atoms with Crippen LogP contribution in [0.3, 0.4) is 0 Å². The molecule has 0 aliphatic rings. The standard InChI is InChI=1S/C7H2BrCl2N/c8-6-4(3-11)1-2-5(9)7(6)10/h1-2H. The van der Waals surface area contributed by atoms with Crippen molar-refractivity contribution in [2.24, 2.45) is 0 Å². The molecule has 0 unspecified atom stereocenters.